The number of amides is 4. The highest BCUT2D eigenvalue weighted by molar-refractivity contribution is 6.01. The monoisotopic (exact) mass is 621 g/mol. The average molecular weight is 622 g/mol. The lowest BCUT2D eigenvalue weighted by atomic mass is 9.99. The summed E-state index contributed by atoms with van der Waals surface area (Å²) in [6.45, 7) is 5.65. The highest BCUT2D eigenvalue weighted by Crippen LogP contribution is 2.19. The second-order valence-corrected chi connectivity index (χ2v) is 11.9. The lowest BCUT2D eigenvalue weighted by Gasteiger charge is -2.27. The second kappa shape index (κ2) is 14.6. The van der Waals surface area contributed by atoms with Crippen LogP contribution < -0.4 is 21.3 Å². The predicted molar refractivity (Wildman–Crippen MR) is 173 cm³/mol. The number of aromatic nitrogens is 3. The van der Waals surface area contributed by atoms with E-state index in [1.165, 1.54) is 0 Å². The summed E-state index contributed by atoms with van der Waals surface area (Å²) in [6.07, 6.45) is 0.767. The summed E-state index contributed by atoms with van der Waals surface area (Å²) in [5.74, 6) is -0.929. The summed E-state index contributed by atoms with van der Waals surface area (Å²) in [7, 11) is 0. The van der Waals surface area contributed by atoms with Crippen LogP contribution >= 0.6 is 0 Å². The molecule has 0 radical (unpaired) electrons. The number of nitrogens with one attached hydrogen (secondary N) is 4. The molecule has 4 amide bonds. The number of nitrogens with zero attached hydrogens (tertiary/aromatic N) is 3. The zero-order chi connectivity index (χ0) is 32.6. The SMILES string of the molecule is Cc1nnc2n1-c1ccccc1C(=O)N[C@@H](Cc1ccccc1)C(=O)N[C@@H](CC(C)C)C(=O)N[C@@H](Cc1ccccc1)C(=O)NC2. The highest BCUT2D eigenvalue weighted by Gasteiger charge is 2.32. The Balaban J connectivity index is 1.57. The number of carbonyl (C=O) groups excluding carboxylic acids is 4. The van der Waals surface area contributed by atoms with Crippen molar-refractivity contribution in [3.05, 3.63) is 113 Å². The molecule has 46 heavy (non-hydrogen) atoms. The molecule has 3 atom stereocenters. The normalized spacial score (nSPS) is 19.3. The van der Waals surface area contributed by atoms with Gasteiger partial charge in [-0.05, 0) is 42.5 Å². The molecule has 11 heteroatoms. The first-order chi connectivity index (χ1) is 22.2. The second-order valence-electron chi connectivity index (χ2n) is 11.9. The van der Waals surface area contributed by atoms with Gasteiger partial charge in [0.05, 0.1) is 17.8 Å². The van der Waals surface area contributed by atoms with Crippen LogP contribution in [0.5, 0.6) is 0 Å². The molecule has 11 nitrogen and oxygen atoms in total. The predicted octanol–water partition coefficient (Wildman–Crippen LogP) is 2.81. The molecule has 1 aromatic heterocycles. The Bertz CT molecular complexity index is 1690. The van der Waals surface area contributed by atoms with Crippen LogP contribution in [0.25, 0.3) is 5.69 Å². The Labute approximate surface area is 268 Å². The molecule has 0 fully saturated rings. The molecule has 4 N–H and O–H groups in total. The van der Waals surface area contributed by atoms with Crippen LogP contribution in [0.3, 0.4) is 0 Å². The first-order valence-electron chi connectivity index (χ1n) is 15.5. The molecule has 238 valence electrons. The molecule has 0 saturated heterocycles. The van der Waals surface area contributed by atoms with Crippen molar-refractivity contribution >= 4 is 23.6 Å². The summed E-state index contributed by atoms with van der Waals surface area (Å²) in [4.78, 5) is 55.3. The van der Waals surface area contributed by atoms with Gasteiger partial charge in [0.2, 0.25) is 17.7 Å². The van der Waals surface area contributed by atoms with E-state index < -0.39 is 41.8 Å². The van der Waals surface area contributed by atoms with Gasteiger partial charge in [0, 0.05) is 12.8 Å². The Morgan fingerprint density at radius 1 is 0.696 bits per heavy atom. The lowest BCUT2D eigenvalue weighted by molar-refractivity contribution is -0.133. The van der Waals surface area contributed by atoms with Crippen LogP contribution in [0.4, 0.5) is 0 Å². The minimum Gasteiger partial charge on any atom is -0.347 e. The fourth-order valence-electron chi connectivity index (χ4n) is 5.59. The van der Waals surface area contributed by atoms with E-state index in [1.54, 1.807) is 35.8 Å². The number of rotatable bonds is 6. The van der Waals surface area contributed by atoms with Gasteiger partial charge in [-0.25, -0.2) is 0 Å². The standard InChI is InChI=1S/C35H39N7O4/c1-22(2)18-27-34(45)39-28(19-24-12-6-4-7-13-24)33(44)36-21-31-41-40-23(3)42(31)30-17-11-10-16-26(30)32(43)37-29(35(46)38-27)20-25-14-8-5-9-15-25/h4-17,22,27-29H,18-21H2,1-3H3,(H,36,44)(H,37,43)(H,38,46)(H,39,45)/t27-,28-,29-/m0/s1. The van der Waals surface area contributed by atoms with Gasteiger partial charge in [-0.15, -0.1) is 10.2 Å². The van der Waals surface area contributed by atoms with Crippen LogP contribution in [0.15, 0.2) is 84.9 Å². The van der Waals surface area contributed by atoms with E-state index in [4.69, 9.17) is 0 Å². The number of hydrogen-bond acceptors (Lipinski definition) is 6. The van der Waals surface area contributed by atoms with Crippen molar-refractivity contribution in [1.82, 2.24) is 36.0 Å². The smallest absolute Gasteiger partial charge is 0.254 e. The number of hydrogen-bond donors (Lipinski definition) is 4. The van der Waals surface area contributed by atoms with Gasteiger partial charge < -0.3 is 21.3 Å². The van der Waals surface area contributed by atoms with Gasteiger partial charge in [-0.1, -0.05) is 86.6 Å². The van der Waals surface area contributed by atoms with Crippen LogP contribution in [-0.2, 0) is 33.8 Å². The number of benzene rings is 3. The fourth-order valence-corrected chi connectivity index (χ4v) is 5.59. The van der Waals surface area contributed by atoms with E-state index in [1.807, 2.05) is 74.5 Å². The first kappa shape index (κ1) is 32.1. The van der Waals surface area contributed by atoms with E-state index in [2.05, 4.69) is 31.5 Å². The van der Waals surface area contributed by atoms with Gasteiger partial charge in [0.1, 0.15) is 23.9 Å². The summed E-state index contributed by atoms with van der Waals surface area (Å²) < 4.78 is 1.71. The Hall–Kier alpha value is -5.32. The van der Waals surface area contributed by atoms with E-state index >= 15 is 0 Å². The zero-order valence-corrected chi connectivity index (χ0v) is 26.2. The molecule has 1 aliphatic rings. The third-order valence-electron chi connectivity index (χ3n) is 7.86. The minimum absolute atomic E-state index is 0.000419. The molecule has 3 aromatic carbocycles. The minimum atomic E-state index is -0.997. The van der Waals surface area contributed by atoms with Gasteiger partial charge in [-0.3, -0.25) is 23.7 Å². The summed E-state index contributed by atoms with van der Waals surface area (Å²) >= 11 is 0. The van der Waals surface area contributed by atoms with Crippen molar-refractivity contribution in [3.63, 3.8) is 0 Å². The first-order valence-corrected chi connectivity index (χ1v) is 15.5. The number of para-hydroxylation sites is 1. The van der Waals surface area contributed by atoms with Crippen molar-refractivity contribution in [2.24, 2.45) is 5.92 Å². The topological polar surface area (TPSA) is 147 Å². The maximum absolute atomic E-state index is 13.9. The Morgan fingerprint density at radius 2 is 1.24 bits per heavy atom. The van der Waals surface area contributed by atoms with Gasteiger partial charge in [-0.2, -0.15) is 0 Å². The summed E-state index contributed by atoms with van der Waals surface area (Å²) in [6, 6.07) is 22.9. The van der Waals surface area contributed by atoms with Crippen molar-refractivity contribution in [2.75, 3.05) is 0 Å². The third kappa shape index (κ3) is 7.84. The van der Waals surface area contributed by atoms with E-state index in [-0.39, 0.29) is 25.3 Å². The number of carbonyl (C=O) groups is 4. The molecule has 0 aliphatic carbocycles. The third-order valence-corrected chi connectivity index (χ3v) is 7.86. The van der Waals surface area contributed by atoms with E-state index in [0.717, 1.165) is 11.1 Å². The van der Waals surface area contributed by atoms with Crippen molar-refractivity contribution < 1.29 is 19.2 Å². The number of fused-ring (bicyclic) bond motifs is 3. The fraction of sp³-hybridized carbons (Fsp3) is 0.314. The summed E-state index contributed by atoms with van der Waals surface area (Å²) in [5.41, 5.74) is 2.51. The quantitative estimate of drug-likeness (QED) is 0.260. The Kier molecular flexibility index (Phi) is 10.2. The molecule has 2 heterocycles. The van der Waals surface area contributed by atoms with Crippen LogP contribution in [-0.4, -0.2) is 56.5 Å². The van der Waals surface area contributed by atoms with Crippen molar-refractivity contribution in [3.8, 4) is 5.69 Å². The molecule has 0 saturated carbocycles. The summed E-state index contributed by atoms with van der Waals surface area (Å²) in [5, 5.41) is 20.1. The largest absolute Gasteiger partial charge is 0.347 e. The molecule has 4 aromatic rings. The Morgan fingerprint density at radius 3 is 1.87 bits per heavy atom. The average Bonchev–Trinajstić information content (AvgIpc) is 3.42. The van der Waals surface area contributed by atoms with E-state index in [9.17, 15) is 19.2 Å². The van der Waals surface area contributed by atoms with E-state index in [0.29, 0.717) is 29.3 Å². The van der Waals surface area contributed by atoms with Crippen molar-refractivity contribution in [1.29, 1.82) is 0 Å². The van der Waals surface area contributed by atoms with Crippen LogP contribution in [0.1, 0.15) is 53.4 Å². The van der Waals surface area contributed by atoms with Gasteiger partial charge in [0.25, 0.3) is 5.91 Å². The maximum atomic E-state index is 13.9. The molecular weight excluding hydrogens is 582 g/mol. The maximum Gasteiger partial charge on any atom is 0.254 e. The molecule has 0 spiro atoms. The van der Waals surface area contributed by atoms with Gasteiger partial charge >= 0.3 is 0 Å². The van der Waals surface area contributed by atoms with Crippen LogP contribution in [0, 0.1) is 12.8 Å². The lowest BCUT2D eigenvalue weighted by Crippen LogP contribution is -2.57. The van der Waals surface area contributed by atoms with Crippen molar-refractivity contribution in [2.45, 2.75) is 64.7 Å². The molecule has 0 unspecified atom stereocenters. The molecular formula is C35H39N7O4. The van der Waals surface area contributed by atoms with Gasteiger partial charge in [0.15, 0.2) is 5.82 Å². The number of aryl methyl sites for hydroxylation is 1. The molecule has 5 rings (SSSR count). The molecule has 0 bridgehead atoms. The highest BCUT2D eigenvalue weighted by atomic mass is 16.2. The zero-order valence-electron chi connectivity index (χ0n) is 26.2. The molecule has 1 aliphatic heterocycles. The van der Waals surface area contributed by atoms with Crippen LogP contribution in [0.2, 0.25) is 0 Å².